The fourth-order valence-corrected chi connectivity index (χ4v) is 4.12. The molecule has 0 bridgehead atoms. The number of aromatic nitrogens is 3. The van der Waals surface area contributed by atoms with E-state index in [4.69, 9.17) is 16.3 Å². The van der Waals surface area contributed by atoms with Crippen LogP contribution in [0.15, 0.2) is 29.1 Å². The number of fused-ring (bicyclic) bond motifs is 1. The van der Waals surface area contributed by atoms with Crippen molar-refractivity contribution in [3.05, 3.63) is 68.4 Å². The second-order valence-electron chi connectivity index (χ2n) is 8.16. The van der Waals surface area contributed by atoms with Gasteiger partial charge in [-0.1, -0.05) is 17.7 Å². The molecule has 2 heterocycles. The van der Waals surface area contributed by atoms with Crippen LogP contribution in [0.1, 0.15) is 42.5 Å². The zero-order valence-corrected chi connectivity index (χ0v) is 18.8. The Morgan fingerprint density at radius 3 is 2.67 bits per heavy atom. The number of ether oxygens (including phenoxy) is 1. The van der Waals surface area contributed by atoms with E-state index in [0.717, 1.165) is 16.8 Å². The van der Waals surface area contributed by atoms with E-state index in [9.17, 15) is 19.1 Å². The summed E-state index contributed by atoms with van der Waals surface area (Å²) in [7, 11) is 0. The van der Waals surface area contributed by atoms with Gasteiger partial charge in [-0.3, -0.25) is 9.36 Å². The normalized spacial score (nSPS) is 14.2. The van der Waals surface area contributed by atoms with Crippen molar-refractivity contribution in [2.75, 3.05) is 5.32 Å². The summed E-state index contributed by atoms with van der Waals surface area (Å²) in [6, 6.07) is 4.84. The Labute approximate surface area is 192 Å². The molecule has 0 radical (unpaired) electrons. The van der Waals surface area contributed by atoms with Crippen LogP contribution in [0.5, 0.6) is 5.75 Å². The molecule has 11 heteroatoms. The number of nitrogens with one attached hydrogen (secondary N) is 1. The number of amides is 1. The number of halogens is 3. The van der Waals surface area contributed by atoms with Crippen molar-refractivity contribution in [2.24, 2.45) is 0 Å². The van der Waals surface area contributed by atoms with Gasteiger partial charge in [-0.2, -0.15) is 4.68 Å². The molecule has 1 aromatic heterocycles. The van der Waals surface area contributed by atoms with E-state index in [-0.39, 0.29) is 52.1 Å². The van der Waals surface area contributed by atoms with Crippen LogP contribution in [-0.2, 0) is 19.6 Å². The zero-order valence-electron chi connectivity index (χ0n) is 18.1. The molecule has 0 spiro atoms. The minimum atomic E-state index is -0.896. The molecule has 0 aliphatic carbocycles. The third kappa shape index (κ3) is 3.89. The first kappa shape index (κ1) is 22.9. The quantitative estimate of drug-likeness (QED) is 0.585. The Morgan fingerprint density at radius 1 is 1.33 bits per heavy atom. The van der Waals surface area contributed by atoms with E-state index in [1.54, 1.807) is 20.8 Å². The molecule has 0 saturated heterocycles. The van der Waals surface area contributed by atoms with E-state index in [0.29, 0.717) is 0 Å². The topological polar surface area (TPSA) is 98.4 Å². The number of benzene rings is 2. The maximum absolute atomic E-state index is 15.4. The van der Waals surface area contributed by atoms with Gasteiger partial charge in [0.1, 0.15) is 35.3 Å². The van der Waals surface area contributed by atoms with Gasteiger partial charge in [0, 0.05) is 18.5 Å². The van der Waals surface area contributed by atoms with Crippen molar-refractivity contribution in [1.29, 1.82) is 0 Å². The van der Waals surface area contributed by atoms with E-state index in [1.165, 1.54) is 16.7 Å². The second kappa shape index (κ2) is 8.27. The van der Waals surface area contributed by atoms with E-state index < -0.39 is 35.4 Å². The van der Waals surface area contributed by atoms with Gasteiger partial charge in [-0.05, 0) is 39.0 Å². The number of hydrogen-bond acceptors (Lipinski definition) is 5. The van der Waals surface area contributed by atoms with Crippen molar-refractivity contribution in [3.63, 3.8) is 0 Å². The molecule has 3 aromatic rings. The lowest BCUT2D eigenvalue weighted by atomic mass is 9.98. The average Bonchev–Trinajstić information content (AvgIpc) is 3.24. The number of aliphatic hydroxyl groups excluding tert-OH is 1. The highest BCUT2D eigenvalue weighted by molar-refractivity contribution is 6.34. The first-order chi connectivity index (χ1) is 15.6. The van der Waals surface area contributed by atoms with Crippen molar-refractivity contribution in [2.45, 2.75) is 45.9 Å². The lowest BCUT2D eigenvalue weighted by molar-refractivity contribution is 0.101. The number of carbonyl (C=O) groups excluding carboxylic acids is 1. The zero-order chi connectivity index (χ0) is 24.1. The van der Waals surface area contributed by atoms with E-state index in [2.05, 4.69) is 10.4 Å². The molecule has 0 saturated carbocycles. The van der Waals surface area contributed by atoms with Crippen LogP contribution in [0.25, 0.3) is 5.69 Å². The van der Waals surface area contributed by atoms with E-state index in [1.807, 2.05) is 0 Å². The molecule has 8 nitrogen and oxygen atoms in total. The molecule has 2 N–H and O–H groups in total. The first-order valence-corrected chi connectivity index (χ1v) is 10.6. The molecule has 2 aromatic carbocycles. The maximum atomic E-state index is 15.4. The van der Waals surface area contributed by atoms with Crippen molar-refractivity contribution >= 4 is 23.2 Å². The minimum Gasteiger partial charge on any atom is -0.486 e. The second-order valence-corrected chi connectivity index (χ2v) is 8.57. The summed E-state index contributed by atoms with van der Waals surface area (Å²) in [6.07, 6.45) is 0.177. The van der Waals surface area contributed by atoms with Gasteiger partial charge in [-0.15, -0.1) is 5.10 Å². The highest BCUT2D eigenvalue weighted by Crippen LogP contribution is 2.42. The number of anilines is 1. The fraction of sp³-hybridized carbons (Fsp3) is 0.318. The summed E-state index contributed by atoms with van der Waals surface area (Å²) in [6.45, 7) is 4.91. The summed E-state index contributed by atoms with van der Waals surface area (Å²) in [5.41, 5.74) is -1.78. The van der Waals surface area contributed by atoms with Gasteiger partial charge >= 0.3 is 5.69 Å². The van der Waals surface area contributed by atoms with Gasteiger partial charge in [0.25, 0.3) is 5.91 Å². The number of rotatable bonds is 5. The molecule has 33 heavy (non-hydrogen) atoms. The maximum Gasteiger partial charge on any atom is 0.350 e. The summed E-state index contributed by atoms with van der Waals surface area (Å²) in [5, 5.41) is 16.0. The number of nitrogens with zero attached hydrogens (tertiary/aromatic N) is 3. The Kier molecular flexibility index (Phi) is 5.75. The van der Waals surface area contributed by atoms with Crippen LogP contribution in [0.4, 0.5) is 14.5 Å². The predicted octanol–water partition coefficient (Wildman–Crippen LogP) is 3.44. The fourth-order valence-electron chi connectivity index (χ4n) is 3.91. The van der Waals surface area contributed by atoms with Gasteiger partial charge in [-0.25, -0.2) is 13.6 Å². The van der Waals surface area contributed by atoms with Crippen LogP contribution in [0.3, 0.4) is 0 Å². The Balaban J connectivity index is 1.88. The molecule has 1 aliphatic heterocycles. The molecule has 0 atom stereocenters. The Bertz CT molecular complexity index is 1310. The highest BCUT2D eigenvalue weighted by Gasteiger charge is 2.38. The number of aliphatic hydroxyl groups is 1. The summed E-state index contributed by atoms with van der Waals surface area (Å²) >= 11 is 5.99. The van der Waals surface area contributed by atoms with Crippen LogP contribution < -0.4 is 15.7 Å². The summed E-state index contributed by atoms with van der Waals surface area (Å²) in [4.78, 5) is 25.8. The van der Waals surface area contributed by atoms with Crippen molar-refractivity contribution in [1.82, 2.24) is 14.3 Å². The van der Waals surface area contributed by atoms with Crippen LogP contribution in [-0.4, -0.2) is 31.0 Å². The largest absolute Gasteiger partial charge is 0.486 e. The predicted molar refractivity (Wildman–Crippen MR) is 117 cm³/mol. The lowest BCUT2D eigenvalue weighted by Gasteiger charge is -2.18. The van der Waals surface area contributed by atoms with Gasteiger partial charge in [0.15, 0.2) is 5.82 Å². The van der Waals surface area contributed by atoms with Crippen molar-refractivity contribution < 1.29 is 23.4 Å². The number of hydrogen-bond donors (Lipinski definition) is 2. The van der Waals surface area contributed by atoms with Crippen LogP contribution in [0.2, 0.25) is 5.02 Å². The summed E-state index contributed by atoms with van der Waals surface area (Å²) in [5.74, 6) is -2.34. The monoisotopic (exact) mass is 478 g/mol. The van der Waals surface area contributed by atoms with Crippen molar-refractivity contribution in [3.8, 4) is 11.4 Å². The molecular formula is C22H21ClF2N4O4. The molecule has 1 aliphatic rings. The number of para-hydroxylation sites is 1. The minimum absolute atomic E-state index is 0.0217. The third-order valence-electron chi connectivity index (χ3n) is 5.34. The van der Waals surface area contributed by atoms with Crippen LogP contribution in [0, 0.1) is 11.6 Å². The average molecular weight is 479 g/mol. The molecule has 174 valence electrons. The lowest BCUT2D eigenvalue weighted by Crippen LogP contribution is -2.26. The standard InChI is InChI=1S/C22H21ClF2N4O4/c1-4-28-16(10-30)27-29(21(28)32)18-12-9-22(2,3)33-19(12)11(8-15(18)25)20(31)26-17-13(23)6-5-7-14(17)24/h5-8,30H,4,9-10H2,1-3H3,(H,26,31). The third-order valence-corrected chi connectivity index (χ3v) is 5.65. The van der Waals surface area contributed by atoms with Crippen LogP contribution >= 0.6 is 11.6 Å². The van der Waals surface area contributed by atoms with Gasteiger partial charge < -0.3 is 15.2 Å². The van der Waals surface area contributed by atoms with E-state index >= 15 is 4.39 Å². The Morgan fingerprint density at radius 2 is 2.06 bits per heavy atom. The molecule has 1 amide bonds. The first-order valence-electron chi connectivity index (χ1n) is 10.2. The van der Waals surface area contributed by atoms with Gasteiger partial charge in [0.2, 0.25) is 0 Å². The highest BCUT2D eigenvalue weighted by atomic mass is 35.5. The molecule has 4 rings (SSSR count). The number of carbonyl (C=O) groups is 1. The Hall–Kier alpha value is -3.24. The molecular weight excluding hydrogens is 458 g/mol. The summed E-state index contributed by atoms with van der Waals surface area (Å²) < 4.78 is 37.6. The smallest absolute Gasteiger partial charge is 0.350 e. The SMILES string of the molecule is CCn1c(CO)nn(-c2c(F)cc(C(=O)Nc3c(F)cccc3Cl)c3c2CC(C)(C)O3)c1=O. The molecule has 0 unspecified atom stereocenters. The molecule has 0 fully saturated rings. The van der Waals surface area contributed by atoms with Gasteiger partial charge in [0.05, 0.1) is 16.3 Å².